The van der Waals surface area contributed by atoms with Crippen LogP contribution < -0.4 is 11.1 Å². The summed E-state index contributed by atoms with van der Waals surface area (Å²) < 4.78 is 12.8. The molecule has 2 heterocycles. The summed E-state index contributed by atoms with van der Waals surface area (Å²) in [6.07, 6.45) is 3.03. The summed E-state index contributed by atoms with van der Waals surface area (Å²) in [7, 11) is 0. The van der Waals surface area contributed by atoms with E-state index in [0.29, 0.717) is 11.5 Å². The first-order valence-electron chi connectivity index (χ1n) is 7.08. The van der Waals surface area contributed by atoms with Gasteiger partial charge in [-0.25, -0.2) is 9.97 Å². The Hall–Kier alpha value is -3.20. The zero-order valence-electron chi connectivity index (χ0n) is 12.7. The minimum Gasteiger partial charge on any atom is -0.393 e. The largest absolute Gasteiger partial charge is 0.393 e. The maximum Gasteiger partial charge on any atom is 0.292 e. The summed E-state index contributed by atoms with van der Waals surface area (Å²) in [4.78, 5) is 19.7. The lowest BCUT2D eigenvalue weighted by Crippen LogP contribution is -1.95. The monoisotopic (exact) mass is 357 g/mol. The van der Waals surface area contributed by atoms with Crippen LogP contribution in [0.1, 0.15) is 0 Å². The normalized spacial score (nSPS) is 10.4. The lowest BCUT2D eigenvalue weighted by Gasteiger charge is -2.07. The van der Waals surface area contributed by atoms with Crippen LogP contribution in [-0.4, -0.2) is 14.9 Å². The Balaban J connectivity index is 1.69. The number of aromatic nitrogens is 2. The van der Waals surface area contributed by atoms with E-state index < -0.39 is 10.9 Å². The number of halogens is 1. The van der Waals surface area contributed by atoms with E-state index in [1.807, 2.05) is 6.07 Å². The average Bonchev–Trinajstić information content (AvgIpc) is 2.58. The Morgan fingerprint density at radius 1 is 1.08 bits per heavy atom. The minimum absolute atomic E-state index is 0.116. The molecule has 1 aromatic carbocycles. The van der Waals surface area contributed by atoms with Gasteiger partial charge >= 0.3 is 0 Å². The highest BCUT2D eigenvalue weighted by Gasteiger charge is 2.11. The second-order valence-corrected chi connectivity index (χ2v) is 6.10. The first-order valence-corrected chi connectivity index (χ1v) is 7.89. The van der Waals surface area contributed by atoms with Gasteiger partial charge in [0.15, 0.2) is 0 Å². The molecule has 0 radical (unpaired) electrons. The molecule has 9 heteroatoms. The molecule has 3 aromatic rings. The fraction of sp³-hybridized carbons (Fsp3) is 0. The standard InChI is InChI=1S/C16H12FN5O2S/c17-15-5-1-10(8-19-15)21-16-6-3-12(9-20-16)25-11-2-4-14(22(23)24)13(18)7-11/h1-9H,18H2,(H,20,21). The van der Waals surface area contributed by atoms with Crippen molar-refractivity contribution in [1.29, 1.82) is 0 Å². The van der Waals surface area contributed by atoms with Crippen molar-refractivity contribution in [3.63, 3.8) is 0 Å². The second-order valence-electron chi connectivity index (χ2n) is 4.95. The molecule has 7 nitrogen and oxygen atoms in total. The van der Waals surface area contributed by atoms with Crippen molar-refractivity contribution in [2.45, 2.75) is 9.79 Å². The Kier molecular flexibility index (Phi) is 4.75. The van der Waals surface area contributed by atoms with E-state index in [1.54, 1.807) is 30.5 Å². The van der Waals surface area contributed by atoms with E-state index in [9.17, 15) is 14.5 Å². The summed E-state index contributed by atoms with van der Waals surface area (Å²) in [5.41, 5.74) is 6.31. The van der Waals surface area contributed by atoms with E-state index in [4.69, 9.17) is 5.73 Å². The fourth-order valence-electron chi connectivity index (χ4n) is 2.01. The van der Waals surface area contributed by atoms with E-state index in [2.05, 4.69) is 15.3 Å². The summed E-state index contributed by atoms with van der Waals surface area (Å²) in [6, 6.07) is 11.0. The first kappa shape index (κ1) is 16.7. The van der Waals surface area contributed by atoms with Gasteiger partial charge in [-0.1, -0.05) is 11.8 Å². The van der Waals surface area contributed by atoms with Crippen molar-refractivity contribution in [2.75, 3.05) is 11.1 Å². The van der Waals surface area contributed by atoms with E-state index in [1.165, 1.54) is 30.1 Å². The molecule has 0 saturated heterocycles. The smallest absolute Gasteiger partial charge is 0.292 e. The van der Waals surface area contributed by atoms with Crippen molar-refractivity contribution in [3.8, 4) is 0 Å². The number of rotatable bonds is 5. The molecule has 25 heavy (non-hydrogen) atoms. The van der Waals surface area contributed by atoms with Gasteiger partial charge in [0, 0.05) is 22.1 Å². The zero-order chi connectivity index (χ0) is 17.8. The van der Waals surface area contributed by atoms with Crippen LogP contribution >= 0.6 is 11.8 Å². The van der Waals surface area contributed by atoms with Crippen LogP contribution in [0.5, 0.6) is 0 Å². The molecule has 3 rings (SSSR count). The molecular formula is C16H12FN5O2S. The predicted molar refractivity (Wildman–Crippen MR) is 93.3 cm³/mol. The fourth-order valence-corrected chi connectivity index (χ4v) is 2.85. The molecular weight excluding hydrogens is 345 g/mol. The number of benzene rings is 1. The van der Waals surface area contributed by atoms with E-state index >= 15 is 0 Å². The number of nitrogens with zero attached hydrogens (tertiary/aromatic N) is 3. The molecule has 0 atom stereocenters. The topological polar surface area (TPSA) is 107 Å². The van der Waals surface area contributed by atoms with Crippen LogP contribution in [0.4, 0.5) is 27.3 Å². The number of hydrogen-bond donors (Lipinski definition) is 2. The molecule has 2 aromatic heterocycles. The highest BCUT2D eigenvalue weighted by Crippen LogP contribution is 2.32. The first-order chi connectivity index (χ1) is 12.0. The summed E-state index contributed by atoms with van der Waals surface area (Å²) in [6.45, 7) is 0. The van der Waals surface area contributed by atoms with Gasteiger partial charge < -0.3 is 11.1 Å². The average molecular weight is 357 g/mol. The highest BCUT2D eigenvalue weighted by molar-refractivity contribution is 7.99. The van der Waals surface area contributed by atoms with Crippen molar-refractivity contribution >= 4 is 34.6 Å². The van der Waals surface area contributed by atoms with Crippen LogP contribution in [0.25, 0.3) is 0 Å². The zero-order valence-corrected chi connectivity index (χ0v) is 13.5. The predicted octanol–water partition coefficient (Wildman–Crippen LogP) is 4.00. The summed E-state index contributed by atoms with van der Waals surface area (Å²) in [5, 5.41) is 13.8. The van der Waals surface area contributed by atoms with Gasteiger partial charge in [-0.15, -0.1) is 0 Å². The molecule has 126 valence electrons. The van der Waals surface area contributed by atoms with Gasteiger partial charge in [0.05, 0.1) is 16.8 Å². The summed E-state index contributed by atoms with van der Waals surface area (Å²) >= 11 is 1.38. The van der Waals surface area contributed by atoms with E-state index in [-0.39, 0.29) is 11.4 Å². The third kappa shape index (κ3) is 4.21. The lowest BCUT2D eigenvalue weighted by atomic mass is 10.3. The number of nitrogens with one attached hydrogen (secondary N) is 1. The quantitative estimate of drug-likeness (QED) is 0.307. The Morgan fingerprint density at radius 3 is 2.48 bits per heavy atom. The number of nitro benzene ring substituents is 1. The van der Waals surface area contributed by atoms with Crippen molar-refractivity contribution in [2.24, 2.45) is 0 Å². The molecule has 0 unspecified atom stereocenters. The Morgan fingerprint density at radius 2 is 1.88 bits per heavy atom. The molecule has 0 fully saturated rings. The molecule has 0 amide bonds. The number of hydrogen-bond acceptors (Lipinski definition) is 7. The third-order valence-corrected chi connectivity index (χ3v) is 4.13. The molecule has 0 saturated carbocycles. The van der Waals surface area contributed by atoms with Crippen LogP contribution in [0.3, 0.4) is 0 Å². The number of nitrogens with two attached hydrogens (primary N) is 1. The van der Waals surface area contributed by atoms with Crippen molar-refractivity contribution < 1.29 is 9.31 Å². The van der Waals surface area contributed by atoms with Gasteiger partial charge in [-0.2, -0.15) is 4.39 Å². The lowest BCUT2D eigenvalue weighted by molar-refractivity contribution is -0.383. The van der Waals surface area contributed by atoms with Gasteiger partial charge in [0.25, 0.3) is 5.69 Å². The third-order valence-electron chi connectivity index (χ3n) is 3.17. The molecule has 0 spiro atoms. The molecule has 0 aliphatic rings. The SMILES string of the molecule is Nc1cc(Sc2ccc(Nc3ccc(F)nc3)nc2)ccc1[N+](=O)[O-]. The van der Waals surface area contributed by atoms with E-state index in [0.717, 1.165) is 9.79 Å². The maximum absolute atomic E-state index is 12.8. The van der Waals surface area contributed by atoms with Crippen LogP contribution in [0.2, 0.25) is 0 Å². The van der Waals surface area contributed by atoms with Crippen LogP contribution in [0.15, 0.2) is 64.6 Å². The Labute approximate surface area is 146 Å². The highest BCUT2D eigenvalue weighted by atomic mass is 32.2. The second kappa shape index (κ2) is 7.14. The molecule has 0 bridgehead atoms. The van der Waals surface area contributed by atoms with Crippen molar-refractivity contribution in [3.05, 3.63) is 70.9 Å². The number of pyridine rings is 2. The molecule has 0 aliphatic heterocycles. The number of nitro groups is 1. The van der Waals surface area contributed by atoms with Gasteiger partial charge in [-0.05, 0) is 36.4 Å². The minimum atomic E-state index is -0.548. The van der Waals surface area contributed by atoms with Gasteiger partial charge in [0.1, 0.15) is 11.5 Å². The Bertz CT molecular complexity index is 903. The number of anilines is 3. The van der Waals surface area contributed by atoms with Gasteiger partial charge in [0.2, 0.25) is 5.95 Å². The maximum atomic E-state index is 12.8. The van der Waals surface area contributed by atoms with Crippen molar-refractivity contribution in [1.82, 2.24) is 9.97 Å². The summed E-state index contributed by atoms with van der Waals surface area (Å²) in [5.74, 6) is 0.0357. The number of nitrogen functional groups attached to an aromatic ring is 1. The van der Waals surface area contributed by atoms with Crippen LogP contribution in [0, 0.1) is 16.1 Å². The molecule has 3 N–H and O–H groups in total. The van der Waals surface area contributed by atoms with Crippen LogP contribution in [-0.2, 0) is 0 Å². The van der Waals surface area contributed by atoms with Gasteiger partial charge in [-0.3, -0.25) is 10.1 Å². The molecule has 0 aliphatic carbocycles.